The minimum absolute atomic E-state index is 0.0649. The number of rotatable bonds is 7. The van der Waals surface area contributed by atoms with Gasteiger partial charge >= 0.3 is 0 Å². The molecule has 5 heteroatoms. The number of benzene rings is 2. The van der Waals surface area contributed by atoms with Gasteiger partial charge in [0.05, 0.1) is 30.1 Å². The number of aliphatic imine (C=N–C) groups is 1. The number of nitriles is 1. The van der Waals surface area contributed by atoms with Gasteiger partial charge in [-0.15, -0.1) is 0 Å². The molecule has 0 spiro atoms. The number of nitrogens with zero attached hydrogens (tertiary/aromatic N) is 4. The summed E-state index contributed by atoms with van der Waals surface area (Å²) < 4.78 is 0. The molecule has 0 radical (unpaired) electrons. The quantitative estimate of drug-likeness (QED) is 0.403. The van der Waals surface area contributed by atoms with Crippen molar-refractivity contribution in [3.05, 3.63) is 96.2 Å². The van der Waals surface area contributed by atoms with E-state index in [1.54, 1.807) is 4.90 Å². The lowest BCUT2D eigenvalue weighted by atomic mass is 9.95. The Morgan fingerprint density at radius 1 is 1.13 bits per heavy atom. The smallest absolute Gasteiger partial charge is 0.255 e. The fourth-order valence-corrected chi connectivity index (χ4v) is 4.01. The van der Waals surface area contributed by atoms with Crippen LogP contribution in [-0.2, 0) is 4.79 Å². The van der Waals surface area contributed by atoms with Crippen molar-refractivity contribution in [3.8, 4) is 6.07 Å². The summed E-state index contributed by atoms with van der Waals surface area (Å²) in [7, 11) is 0. The Bertz CT molecular complexity index is 907. The second-order valence-electron chi connectivity index (χ2n) is 7.20. The highest BCUT2D eigenvalue weighted by Gasteiger charge is 2.35. The SMILES string of the molecule is C=C/C(=C\N=C)C(=O)N1CCN(C(c2ccccc2)c2ccccc2)CC1CC#N. The van der Waals surface area contributed by atoms with Crippen LogP contribution in [0.4, 0.5) is 0 Å². The van der Waals surface area contributed by atoms with Crippen molar-refractivity contribution in [2.24, 2.45) is 4.99 Å². The van der Waals surface area contributed by atoms with Crippen molar-refractivity contribution in [2.75, 3.05) is 19.6 Å². The molecule has 1 aliphatic rings. The Labute approximate surface area is 178 Å². The van der Waals surface area contributed by atoms with Crippen LogP contribution >= 0.6 is 0 Å². The highest BCUT2D eigenvalue weighted by atomic mass is 16.2. The second-order valence-corrected chi connectivity index (χ2v) is 7.20. The molecule has 30 heavy (non-hydrogen) atoms. The summed E-state index contributed by atoms with van der Waals surface area (Å²) in [5.41, 5.74) is 2.78. The van der Waals surface area contributed by atoms with Crippen molar-refractivity contribution in [3.63, 3.8) is 0 Å². The third kappa shape index (κ3) is 4.73. The van der Waals surface area contributed by atoms with Gasteiger partial charge in [-0.1, -0.05) is 73.3 Å². The molecule has 0 aromatic heterocycles. The van der Waals surface area contributed by atoms with Crippen LogP contribution in [0.15, 0.2) is 90.1 Å². The number of hydrogen-bond acceptors (Lipinski definition) is 4. The lowest BCUT2D eigenvalue weighted by Crippen LogP contribution is -2.56. The zero-order valence-electron chi connectivity index (χ0n) is 17.0. The standard InChI is InChI=1S/C25H26N4O/c1-3-20(18-27-2)25(30)29-17-16-28(19-23(29)14-15-26)24(21-10-6-4-7-11-21)22-12-8-5-9-13-22/h3-13,18,23-24H,1-2,14,16-17,19H2/b20-18+. The fourth-order valence-electron chi connectivity index (χ4n) is 4.01. The van der Waals surface area contributed by atoms with E-state index in [0.29, 0.717) is 25.2 Å². The Hall–Kier alpha value is -3.49. The summed E-state index contributed by atoms with van der Waals surface area (Å²) in [6.45, 7) is 8.98. The Morgan fingerprint density at radius 3 is 2.23 bits per heavy atom. The predicted molar refractivity (Wildman–Crippen MR) is 120 cm³/mol. The first-order chi connectivity index (χ1) is 14.7. The van der Waals surface area contributed by atoms with Gasteiger partial charge in [-0.25, -0.2) is 0 Å². The van der Waals surface area contributed by atoms with Crippen LogP contribution in [0.1, 0.15) is 23.6 Å². The normalized spacial score (nSPS) is 17.4. The van der Waals surface area contributed by atoms with E-state index < -0.39 is 0 Å². The van der Waals surface area contributed by atoms with Crippen molar-refractivity contribution in [1.82, 2.24) is 9.80 Å². The van der Waals surface area contributed by atoms with Gasteiger partial charge in [-0.2, -0.15) is 5.26 Å². The molecule has 0 N–H and O–H groups in total. The van der Waals surface area contributed by atoms with Gasteiger partial charge in [0.2, 0.25) is 0 Å². The van der Waals surface area contributed by atoms with Gasteiger partial charge in [0.1, 0.15) is 0 Å². The highest BCUT2D eigenvalue weighted by Crippen LogP contribution is 2.31. The molecule has 1 heterocycles. The Kier molecular flexibility index (Phi) is 7.31. The molecule has 1 atom stereocenters. The summed E-state index contributed by atoms with van der Waals surface area (Å²) in [6.07, 6.45) is 3.18. The van der Waals surface area contributed by atoms with Gasteiger partial charge in [-0.3, -0.25) is 14.7 Å². The van der Waals surface area contributed by atoms with Crippen LogP contribution in [0.2, 0.25) is 0 Å². The van der Waals surface area contributed by atoms with Crippen molar-refractivity contribution >= 4 is 12.6 Å². The second kappa shape index (κ2) is 10.3. The zero-order valence-corrected chi connectivity index (χ0v) is 17.0. The molecule has 0 saturated carbocycles. The van der Waals surface area contributed by atoms with Crippen LogP contribution in [0.25, 0.3) is 0 Å². The number of hydrogen-bond donors (Lipinski definition) is 0. The first kappa shape index (κ1) is 21.2. The van der Waals surface area contributed by atoms with Crippen LogP contribution in [0.3, 0.4) is 0 Å². The summed E-state index contributed by atoms with van der Waals surface area (Å²) in [5, 5.41) is 9.41. The first-order valence-corrected chi connectivity index (χ1v) is 10.00. The summed E-state index contributed by atoms with van der Waals surface area (Å²) in [6, 6.07) is 22.8. The maximum Gasteiger partial charge on any atom is 0.255 e. The van der Waals surface area contributed by atoms with E-state index in [2.05, 4.69) is 53.5 Å². The number of piperazine rings is 1. The molecular formula is C25H26N4O. The number of carbonyl (C=O) groups excluding carboxylic acids is 1. The minimum Gasteiger partial charge on any atom is -0.332 e. The third-order valence-corrected chi connectivity index (χ3v) is 5.39. The molecule has 1 fully saturated rings. The molecular weight excluding hydrogens is 372 g/mol. The van der Waals surface area contributed by atoms with E-state index >= 15 is 0 Å². The minimum atomic E-state index is -0.209. The fraction of sp³-hybridized carbons (Fsp3) is 0.240. The molecule has 0 bridgehead atoms. The molecule has 1 unspecified atom stereocenters. The molecule has 3 rings (SSSR count). The molecule has 1 amide bonds. The van der Waals surface area contributed by atoms with Crippen LogP contribution in [0.5, 0.6) is 0 Å². The average molecular weight is 399 g/mol. The summed E-state index contributed by atoms with van der Waals surface area (Å²) >= 11 is 0. The van der Waals surface area contributed by atoms with Crippen molar-refractivity contribution in [1.29, 1.82) is 5.26 Å². The van der Waals surface area contributed by atoms with Gasteiger partial charge in [0, 0.05) is 25.8 Å². The van der Waals surface area contributed by atoms with Crippen LogP contribution < -0.4 is 0 Å². The molecule has 152 valence electrons. The Morgan fingerprint density at radius 2 is 1.73 bits per heavy atom. The maximum atomic E-state index is 13.0. The molecule has 1 saturated heterocycles. The average Bonchev–Trinajstić information content (AvgIpc) is 2.79. The predicted octanol–water partition coefficient (Wildman–Crippen LogP) is 3.97. The summed E-state index contributed by atoms with van der Waals surface area (Å²) in [4.78, 5) is 20.8. The van der Waals surface area contributed by atoms with E-state index in [1.807, 2.05) is 36.4 Å². The van der Waals surface area contributed by atoms with E-state index in [4.69, 9.17) is 0 Å². The topological polar surface area (TPSA) is 59.7 Å². The van der Waals surface area contributed by atoms with E-state index in [-0.39, 0.29) is 24.4 Å². The largest absolute Gasteiger partial charge is 0.332 e. The molecule has 2 aromatic rings. The van der Waals surface area contributed by atoms with Crippen LogP contribution in [0, 0.1) is 11.3 Å². The van der Waals surface area contributed by atoms with Gasteiger partial charge in [0.25, 0.3) is 5.91 Å². The van der Waals surface area contributed by atoms with Gasteiger partial charge in [-0.05, 0) is 17.8 Å². The zero-order chi connectivity index (χ0) is 21.3. The van der Waals surface area contributed by atoms with E-state index in [0.717, 1.165) is 0 Å². The Balaban J connectivity index is 1.91. The van der Waals surface area contributed by atoms with E-state index in [1.165, 1.54) is 23.4 Å². The van der Waals surface area contributed by atoms with E-state index in [9.17, 15) is 10.1 Å². The van der Waals surface area contributed by atoms with Crippen LogP contribution in [-0.4, -0.2) is 48.1 Å². The van der Waals surface area contributed by atoms with Crippen molar-refractivity contribution < 1.29 is 4.79 Å². The lowest BCUT2D eigenvalue weighted by molar-refractivity contribution is -0.131. The summed E-state index contributed by atoms with van der Waals surface area (Å²) in [5.74, 6) is -0.159. The molecule has 5 nitrogen and oxygen atoms in total. The van der Waals surface area contributed by atoms with Crippen molar-refractivity contribution in [2.45, 2.75) is 18.5 Å². The maximum absolute atomic E-state index is 13.0. The molecule has 1 aliphatic heterocycles. The highest BCUT2D eigenvalue weighted by molar-refractivity contribution is 5.96. The first-order valence-electron chi connectivity index (χ1n) is 10.00. The molecule has 0 aliphatic carbocycles. The lowest BCUT2D eigenvalue weighted by Gasteiger charge is -2.44. The van der Waals surface area contributed by atoms with Gasteiger partial charge in [0.15, 0.2) is 0 Å². The number of amides is 1. The number of carbonyl (C=O) groups is 1. The third-order valence-electron chi connectivity index (χ3n) is 5.39. The van der Waals surface area contributed by atoms with Gasteiger partial charge < -0.3 is 4.90 Å². The molecule has 2 aromatic carbocycles. The monoisotopic (exact) mass is 398 g/mol.